The van der Waals surface area contributed by atoms with E-state index >= 15 is 0 Å². The second-order valence-corrected chi connectivity index (χ2v) is 8.96. The van der Waals surface area contributed by atoms with Crippen molar-refractivity contribution < 1.29 is 14.0 Å². The molecule has 2 heterocycles. The number of fused-ring (bicyclic) bond motifs is 1. The van der Waals surface area contributed by atoms with E-state index in [1.807, 2.05) is 4.90 Å². The van der Waals surface area contributed by atoms with Gasteiger partial charge in [0.25, 0.3) is 11.8 Å². The Hall–Kier alpha value is -2.21. The summed E-state index contributed by atoms with van der Waals surface area (Å²) in [7, 11) is 0. The molecule has 1 atom stereocenters. The molecule has 2 aliphatic rings. The standard InChI is InChI=1S/C22H25FN2O2S/c1-15-7-8-19-16(13-15)14-20(28-19)22(27)25-10-4-9-24(11-12-25)21(26)17-5-2-3-6-18(17)23/h2-3,5-6,14-15H,4,7-13H2,1H3. The fourth-order valence-electron chi connectivity index (χ4n) is 4.10. The summed E-state index contributed by atoms with van der Waals surface area (Å²) in [6.07, 6.45) is 4.02. The zero-order chi connectivity index (χ0) is 19.7. The Labute approximate surface area is 169 Å². The van der Waals surface area contributed by atoms with Crippen molar-refractivity contribution in [3.05, 3.63) is 57.0 Å². The molecular weight excluding hydrogens is 375 g/mol. The lowest BCUT2D eigenvalue weighted by Gasteiger charge is -2.22. The van der Waals surface area contributed by atoms with Gasteiger partial charge in [0.2, 0.25) is 0 Å². The number of aryl methyl sites for hydroxylation is 1. The summed E-state index contributed by atoms with van der Waals surface area (Å²) in [5.74, 6) is -0.0514. The maximum atomic E-state index is 14.0. The van der Waals surface area contributed by atoms with Gasteiger partial charge >= 0.3 is 0 Å². The molecule has 0 bridgehead atoms. The zero-order valence-corrected chi connectivity index (χ0v) is 16.9. The predicted molar refractivity (Wildman–Crippen MR) is 108 cm³/mol. The number of hydrogen-bond donors (Lipinski definition) is 0. The normalized spacial score (nSPS) is 19.9. The van der Waals surface area contributed by atoms with Gasteiger partial charge < -0.3 is 9.80 Å². The molecule has 1 fully saturated rings. The number of amides is 2. The van der Waals surface area contributed by atoms with E-state index in [1.54, 1.807) is 28.4 Å². The number of carbonyl (C=O) groups excluding carboxylic acids is 2. The first-order valence-corrected chi connectivity index (χ1v) is 10.8. The Morgan fingerprint density at radius 1 is 1.07 bits per heavy atom. The Morgan fingerprint density at radius 3 is 2.54 bits per heavy atom. The molecule has 1 aromatic heterocycles. The minimum absolute atomic E-state index is 0.0623. The van der Waals surface area contributed by atoms with E-state index in [4.69, 9.17) is 0 Å². The number of nitrogens with zero attached hydrogens (tertiary/aromatic N) is 2. The molecule has 0 saturated carbocycles. The summed E-state index contributed by atoms with van der Waals surface area (Å²) in [5, 5.41) is 0. The van der Waals surface area contributed by atoms with Crippen LogP contribution in [0.1, 0.15) is 50.2 Å². The Kier molecular flexibility index (Phi) is 5.49. The van der Waals surface area contributed by atoms with E-state index in [2.05, 4.69) is 13.0 Å². The van der Waals surface area contributed by atoms with E-state index in [0.29, 0.717) is 38.5 Å². The van der Waals surface area contributed by atoms with Crippen molar-refractivity contribution in [1.82, 2.24) is 9.80 Å². The van der Waals surface area contributed by atoms with Crippen LogP contribution in [-0.4, -0.2) is 47.8 Å². The summed E-state index contributed by atoms with van der Waals surface area (Å²) in [5.41, 5.74) is 1.43. The average Bonchev–Trinajstić information content (AvgIpc) is 2.95. The summed E-state index contributed by atoms with van der Waals surface area (Å²) in [6, 6.07) is 8.15. The van der Waals surface area contributed by atoms with Crippen molar-refractivity contribution >= 4 is 23.2 Å². The highest BCUT2D eigenvalue weighted by atomic mass is 32.1. The van der Waals surface area contributed by atoms with Crippen LogP contribution in [0.15, 0.2) is 30.3 Å². The smallest absolute Gasteiger partial charge is 0.263 e. The summed E-state index contributed by atoms with van der Waals surface area (Å²) in [4.78, 5) is 31.4. The molecule has 148 valence electrons. The van der Waals surface area contributed by atoms with Crippen molar-refractivity contribution in [2.24, 2.45) is 5.92 Å². The van der Waals surface area contributed by atoms with Crippen LogP contribution < -0.4 is 0 Å². The molecule has 28 heavy (non-hydrogen) atoms. The first-order chi connectivity index (χ1) is 13.5. The van der Waals surface area contributed by atoms with Crippen LogP contribution in [0.3, 0.4) is 0 Å². The molecule has 1 aromatic carbocycles. The predicted octanol–water partition coefficient (Wildman–Crippen LogP) is 4.00. The van der Waals surface area contributed by atoms with Crippen molar-refractivity contribution in [2.75, 3.05) is 26.2 Å². The largest absolute Gasteiger partial charge is 0.337 e. The molecule has 0 spiro atoms. The minimum Gasteiger partial charge on any atom is -0.337 e. The average molecular weight is 401 g/mol. The summed E-state index contributed by atoms with van der Waals surface area (Å²) >= 11 is 1.63. The molecule has 6 heteroatoms. The van der Waals surface area contributed by atoms with Gasteiger partial charge in [0, 0.05) is 31.1 Å². The lowest BCUT2D eigenvalue weighted by molar-refractivity contribution is 0.0718. The molecular formula is C22H25FN2O2S. The molecule has 1 unspecified atom stereocenters. The van der Waals surface area contributed by atoms with Crippen molar-refractivity contribution in [3.63, 3.8) is 0 Å². The first-order valence-electron chi connectivity index (χ1n) is 9.97. The van der Waals surface area contributed by atoms with Gasteiger partial charge in [-0.1, -0.05) is 19.1 Å². The lowest BCUT2D eigenvalue weighted by Crippen LogP contribution is -2.37. The third kappa shape index (κ3) is 3.83. The number of halogens is 1. The van der Waals surface area contributed by atoms with Crippen LogP contribution in [0.25, 0.3) is 0 Å². The fraction of sp³-hybridized carbons (Fsp3) is 0.455. The maximum Gasteiger partial charge on any atom is 0.263 e. The van der Waals surface area contributed by atoms with Gasteiger partial charge in [-0.2, -0.15) is 0 Å². The van der Waals surface area contributed by atoms with E-state index in [9.17, 15) is 14.0 Å². The maximum absolute atomic E-state index is 14.0. The Bertz CT molecular complexity index is 894. The molecule has 0 N–H and O–H groups in total. The zero-order valence-electron chi connectivity index (χ0n) is 16.1. The van der Waals surface area contributed by atoms with Crippen LogP contribution in [0.4, 0.5) is 4.39 Å². The van der Waals surface area contributed by atoms with Gasteiger partial charge in [0.1, 0.15) is 5.82 Å². The number of carbonyl (C=O) groups is 2. The van der Waals surface area contributed by atoms with Gasteiger partial charge in [-0.25, -0.2) is 4.39 Å². The summed E-state index contributed by atoms with van der Waals surface area (Å²) in [6.45, 7) is 4.34. The minimum atomic E-state index is -0.497. The molecule has 2 aromatic rings. The van der Waals surface area contributed by atoms with Crippen LogP contribution >= 0.6 is 11.3 Å². The van der Waals surface area contributed by atoms with Crippen LogP contribution in [0.5, 0.6) is 0 Å². The Morgan fingerprint density at radius 2 is 1.79 bits per heavy atom. The molecule has 0 radical (unpaired) electrons. The second kappa shape index (κ2) is 8.03. The van der Waals surface area contributed by atoms with E-state index in [0.717, 1.165) is 17.7 Å². The molecule has 4 nitrogen and oxygen atoms in total. The highest BCUT2D eigenvalue weighted by Gasteiger charge is 2.27. The van der Waals surface area contributed by atoms with Gasteiger partial charge in [-0.15, -0.1) is 11.3 Å². The highest BCUT2D eigenvalue weighted by molar-refractivity contribution is 7.14. The number of rotatable bonds is 2. The molecule has 1 aliphatic heterocycles. The third-order valence-electron chi connectivity index (χ3n) is 5.71. The van der Waals surface area contributed by atoms with Crippen LogP contribution in [-0.2, 0) is 12.8 Å². The third-order valence-corrected chi connectivity index (χ3v) is 6.94. The van der Waals surface area contributed by atoms with E-state index in [1.165, 1.54) is 29.0 Å². The number of hydrogen-bond acceptors (Lipinski definition) is 3. The second-order valence-electron chi connectivity index (χ2n) is 7.82. The van der Waals surface area contributed by atoms with Gasteiger partial charge in [-0.3, -0.25) is 9.59 Å². The molecule has 1 aliphatic carbocycles. The quantitative estimate of drug-likeness (QED) is 0.765. The van der Waals surface area contributed by atoms with Gasteiger partial charge in [-0.05, 0) is 55.4 Å². The number of thiophene rings is 1. The molecule has 1 saturated heterocycles. The van der Waals surface area contributed by atoms with Crippen LogP contribution in [0.2, 0.25) is 0 Å². The fourth-order valence-corrected chi connectivity index (χ4v) is 5.27. The van der Waals surface area contributed by atoms with Crippen molar-refractivity contribution in [2.45, 2.75) is 32.6 Å². The summed E-state index contributed by atoms with van der Waals surface area (Å²) < 4.78 is 14.0. The Balaban J connectivity index is 1.43. The highest BCUT2D eigenvalue weighted by Crippen LogP contribution is 2.32. The monoisotopic (exact) mass is 400 g/mol. The van der Waals surface area contributed by atoms with Crippen molar-refractivity contribution in [3.8, 4) is 0 Å². The van der Waals surface area contributed by atoms with E-state index < -0.39 is 5.82 Å². The molecule has 2 amide bonds. The van der Waals surface area contributed by atoms with Crippen molar-refractivity contribution in [1.29, 1.82) is 0 Å². The molecule has 4 rings (SSSR count). The van der Waals surface area contributed by atoms with Crippen LogP contribution in [0, 0.1) is 11.7 Å². The van der Waals surface area contributed by atoms with E-state index in [-0.39, 0.29) is 17.4 Å². The van der Waals surface area contributed by atoms with Gasteiger partial charge in [0.15, 0.2) is 0 Å². The first kappa shape index (κ1) is 19.1. The number of benzene rings is 1. The van der Waals surface area contributed by atoms with Gasteiger partial charge in [0.05, 0.1) is 10.4 Å². The topological polar surface area (TPSA) is 40.6 Å². The lowest BCUT2D eigenvalue weighted by atomic mass is 9.90. The SMILES string of the molecule is CC1CCc2sc(C(=O)N3CCCN(C(=O)c4ccccc4F)CC3)cc2C1.